The number of amides is 1. The number of allylic oxidation sites excluding steroid dienone is 4. The molecule has 2 heterocycles. The average Bonchev–Trinajstić information content (AvgIpc) is 3.42. The third-order valence-corrected chi connectivity index (χ3v) is 8.40. The summed E-state index contributed by atoms with van der Waals surface area (Å²) in [4.78, 5) is 16.8. The van der Waals surface area contributed by atoms with E-state index < -0.39 is 51.9 Å². The van der Waals surface area contributed by atoms with E-state index >= 15 is 0 Å². The minimum atomic E-state index is -4.30. The van der Waals surface area contributed by atoms with Crippen LogP contribution in [0.5, 0.6) is 0 Å². The highest BCUT2D eigenvalue weighted by Gasteiger charge is 2.38. The number of hydrogen-bond donors (Lipinski definition) is 3. The second kappa shape index (κ2) is 14.5. The largest absolute Gasteiger partial charge is 0.444 e. The van der Waals surface area contributed by atoms with E-state index in [1.165, 1.54) is 30.5 Å². The Bertz CT molecular complexity index is 1370. The molecule has 1 amide bonds. The van der Waals surface area contributed by atoms with Crippen molar-refractivity contribution in [1.82, 2.24) is 24.8 Å². The number of unbranched alkanes of at least 4 members (excludes halogenated alkanes) is 1. The van der Waals surface area contributed by atoms with Crippen molar-refractivity contribution in [2.24, 2.45) is 11.3 Å². The van der Waals surface area contributed by atoms with Crippen LogP contribution < -0.4 is 10.0 Å². The van der Waals surface area contributed by atoms with Gasteiger partial charge in [0, 0.05) is 24.4 Å². The molecule has 0 radical (unpaired) electrons. The Balaban J connectivity index is 1.63. The fourth-order valence-corrected chi connectivity index (χ4v) is 5.34. The maximum atomic E-state index is 13.0. The van der Waals surface area contributed by atoms with E-state index in [1.807, 2.05) is 27.7 Å². The Labute approximate surface area is 250 Å². The molecule has 0 saturated heterocycles. The minimum Gasteiger partial charge on any atom is -0.444 e. The Morgan fingerprint density at radius 3 is 2.56 bits per heavy atom. The SMILES string of the molecule is CCCC[C@H](NC(=O)O[C@H](Cn1ccc(C2=CCC(C(F)(F)F)C=C2)n1)C(C)(C)C)C(O)CNS(=O)(=O)c1ccccn1. The highest BCUT2D eigenvalue weighted by atomic mass is 32.2. The zero-order valence-corrected chi connectivity index (χ0v) is 25.5. The highest BCUT2D eigenvalue weighted by molar-refractivity contribution is 7.89. The van der Waals surface area contributed by atoms with Crippen molar-refractivity contribution >= 4 is 21.7 Å². The third kappa shape index (κ3) is 10.2. The Kier molecular flexibility index (Phi) is 11.6. The van der Waals surface area contributed by atoms with Crippen LogP contribution in [0.25, 0.3) is 5.57 Å². The van der Waals surface area contributed by atoms with Gasteiger partial charge in [0.15, 0.2) is 5.03 Å². The molecule has 2 aromatic rings. The van der Waals surface area contributed by atoms with E-state index in [2.05, 4.69) is 20.1 Å². The lowest BCUT2D eigenvalue weighted by molar-refractivity contribution is -0.160. The highest BCUT2D eigenvalue weighted by Crippen LogP contribution is 2.35. The molecule has 10 nitrogen and oxygen atoms in total. The maximum Gasteiger partial charge on any atom is 0.407 e. The van der Waals surface area contributed by atoms with Gasteiger partial charge in [-0.15, -0.1) is 0 Å². The maximum absolute atomic E-state index is 13.0. The lowest BCUT2D eigenvalue weighted by Crippen LogP contribution is -2.50. The number of halogens is 3. The molecule has 43 heavy (non-hydrogen) atoms. The van der Waals surface area contributed by atoms with Gasteiger partial charge < -0.3 is 15.2 Å². The lowest BCUT2D eigenvalue weighted by atomic mass is 9.89. The molecule has 0 saturated carbocycles. The van der Waals surface area contributed by atoms with Gasteiger partial charge in [-0.25, -0.2) is 22.9 Å². The molecule has 1 aliphatic rings. The summed E-state index contributed by atoms with van der Waals surface area (Å²) in [5.74, 6) is -1.52. The van der Waals surface area contributed by atoms with Crippen molar-refractivity contribution < 1.29 is 36.2 Å². The van der Waals surface area contributed by atoms with Gasteiger partial charge >= 0.3 is 12.3 Å². The molecule has 0 bridgehead atoms. The zero-order valence-electron chi connectivity index (χ0n) is 24.7. The Morgan fingerprint density at radius 1 is 1.23 bits per heavy atom. The summed E-state index contributed by atoms with van der Waals surface area (Å²) in [5, 5.41) is 17.8. The first-order valence-electron chi connectivity index (χ1n) is 14.1. The van der Waals surface area contributed by atoms with Crippen LogP contribution in [0, 0.1) is 11.3 Å². The standard InChI is InChI=1S/C29H40F3N5O5S/c1-5-6-9-23(24(38)18-34-43(40,41)26-10-7-8-16-33-26)35-27(39)42-25(28(2,3)4)19-37-17-15-22(36-37)20-11-13-21(14-12-20)29(30,31)32/h7-8,10-13,15-17,21,23-25,34,38H,5-6,9,14,18-19H2,1-4H3,(H,35,39)/t21?,23-,24?,25+/m0/s1. The minimum absolute atomic E-state index is 0.161. The van der Waals surface area contributed by atoms with Crippen LogP contribution in [0.1, 0.15) is 59.1 Å². The molecular formula is C29H40F3N5O5S. The van der Waals surface area contributed by atoms with Crippen molar-refractivity contribution in [3.8, 4) is 0 Å². The number of aliphatic hydroxyl groups is 1. The number of hydrogen-bond acceptors (Lipinski definition) is 7. The van der Waals surface area contributed by atoms with Gasteiger partial charge in [-0.3, -0.25) is 4.68 Å². The molecule has 0 aromatic carbocycles. The number of carbonyl (C=O) groups is 1. The molecule has 0 fully saturated rings. The second-order valence-corrected chi connectivity index (χ2v) is 13.3. The fraction of sp³-hybridized carbons (Fsp3) is 0.552. The summed E-state index contributed by atoms with van der Waals surface area (Å²) >= 11 is 0. The van der Waals surface area contributed by atoms with Crippen molar-refractivity contribution in [2.75, 3.05) is 6.54 Å². The molecule has 3 rings (SSSR count). The second-order valence-electron chi connectivity index (χ2n) is 11.6. The summed E-state index contributed by atoms with van der Waals surface area (Å²) in [6.07, 6.45) is 1.76. The van der Waals surface area contributed by atoms with Crippen LogP contribution >= 0.6 is 0 Å². The van der Waals surface area contributed by atoms with Crippen molar-refractivity contribution in [3.05, 3.63) is 60.6 Å². The number of carbonyl (C=O) groups excluding carboxylic acids is 1. The Hall–Kier alpha value is -3.23. The van der Waals surface area contributed by atoms with Gasteiger partial charge in [0.05, 0.1) is 30.3 Å². The van der Waals surface area contributed by atoms with Crippen LogP contribution in [0.2, 0.25) is 0 Å². The van der Waals surface area contributed by atoms with E-state index in [0.717, 1.165) is 12.5 Å². The molecule has 3 N–H and O–H groups in total. The van der Waals surface area contributed by atoms with Crippen molar-refractivity contribution in [1.29, 1.82) is 0 Å². The number of alkyl halides is 3. The van der Waals surface area contributed by atoms with Crippen LogP contribution in [0.3, 0.4) is 0 Å². The zero-order chi connectivity index (χ0) is 31.8. The average molecular weight is 628 g/mol. The first-order chi connectivity index (χ1) is 20.1. The predicted molar refractivity (Wildman–Crippen MR) is 155 cm³/mol. The normalized spacial score (nSPS) is 18.0. The smallest absolute Gasteiger partial charge is 0.407 e. The quantitative estimate of drug-likeness (QED) is 0.289. The van der Waals surface area contributed by atoms with E-state index in [1.54, 1.807) is 23.0 Å². The molecule has 0 spiro atoms. The van der Waals surface area contributed by atoms with Gasteiger partial charge in [-0.05, 0) is 36.6 Å². The third-order valence-electron chi connectivity index (χ3n) is 7.06. The van der Waals surface area contributed by atoms with Gasteiger partial charge in [-0.2, -0.15) is 18.3 Å². The molecule has 4 atom stereocenters. The number of nitrogens with zero attached hydrogens (tertiary/aromatic N) is 3. The van der Waals surface area contributed by atoms with Gasteiger partial charge in [0.1, 0.15) is 6.10 Å². The van der Waals surface area contributed by atoms with Crippen LogP contribution in [0.15, 0.2) is 59.9 Å². The summed E-state index contributed by atoms with van der Waals surface area (Å²) in [6.45, 7) is 7.43. The van der Waals surface area contributed by atoms with Crippen molar-refractivity contribution in [2.45, 2.75) is 89.4 Å². The van der Waals surface area contributed by atoms with Gasteiger partial charge in [0.25, 0.3) is 10.0 Å². The lowest BCUT2D eigenvalue weighted by Gasteiger charge is -2.31. The number of aromatic nitrogens is 3. The summed E-state index contributed by atoms with van der Waals surface area (Å²) in [7, 11) is -3.96. The number of ether oxygens (including phenoxy) is 1. The number of aliphatic hydroxyl groups excluding tert-OH is 1. The molecular weight excluding hydrogens is 587 g/mol. The van der Waals surface area contributed by atoms with E-state index in [0.29, 0.717) is 24.1 Å². The van der Waals surface area contributed by atoms with E-state index in [4.69, 9.17) is 4.74 Å². The fourth-order valence-electron chi connectivity index (χ4n) is 4.34. The molecule has 1 aliphatic carbocycles. The summed E-state index contributed by atoms with van der Waals surface area (Å²) in [5.41, 5.74) is 0.560. The molecule has 14 heteroatoms. The number of rotatable bonds is 13. The molecule has 238 valence electrons. The van der Waals surface area contributed by atoms with E-state index in [-0.39, 0.29) is 24.5 Å². The number of nitrogens with one attached hydrogen (secondary N) is 2. The first kappa shape index (κ1) is 34.3. The summed E-state index contributed by atoms with van der Waals surface area (Å²) < 4.78 is 73.7. The molecule has 2 unspecified atom stereocenters. The number of pyridine rings is 1. The van der Waals surface area contributed by atoms with E-state index in [9.17, 15) is 31.5 Å². The molecule has 2 aromatic heterocycles. The summed E-state index contributed by atoms with van der Waals surface area (Å²) in [6, 6.07) is 5.35. The van der Waals surface area contributed by atoms with Crippen LogP contribution in [0.4, 0.5) is 18.0 Å². The Morgan fingerprint density at radius 2 is 1.98 bits per heavy atom. The topological polar surface area (TPSA) is 135 Å². The van der Waals surface area contributed by atoms with Gasteiger partial charge in [0.2, 0.25) is 0 Å². The monoisotopic (exact) mass is 627 g/mol. The number of alkyl carbamates (subject to hydrolysis) is 1. The number of sulfonamides is 1. The predicted octanol–water partition coefficient (Wildman–Crippen LogP) is 4.84. The van der Waals surface area contributed by atoms with Crippen LogP contribution in [-0.4, -0.2) is 65.4 Å². The molecule has 0 aliphatic heterocycles. The first-order valence-corrected chi connectivity index (χ1v) is 15.6. The van der Waals surface area contributed by atoms with Crippen LogP contribution in [-0.2, 0) is 21.3 Å². The van der Waals surface area contributed by atoms with Gasteiger partial charge in [-0.1, -0.05) is 64.8 Å². The van der Waals surface area contributed by atoms with Crippen molar-refractivity contribution in [3.63, 3.8) is 0 Å².